The van der Waals surface area contributed by atoms with E-state index in [-0.39, 0.29) is 11.3 Å². The minimum Gasteiger partial charge on any atom is -0.267 e. The van der Waals surface area contributed by atoms with Gasteiger partial charge in [-0.15, -0.1) is 0 Å². The molecule has 8 nitrogen and oxygen atoms in total. The minimum absolute atomic E-state index is 0.0823. The molecule has 0 aliphatic rings. The smallest absolute Gasteiger partial charge is 0.267 e. The van der Waals surface area contributed by atoms with E-state index in [1.165, 1.54) is 30.5 Å². The van der Waals surface area contributed by atoms with E-state index < -0.39 is 10.8 Å². The Morgan fingerprint density at radius 2 is 1.72 bits per heavy atom. The van der Waals surface area contributed by atoms with Crippen LogP contribution in [-0.4, -0.2) is 26.8 Å². The number of benzene rings is 3. The highest BCUT2D eigenvalue weighted by Crippen LogP contribution is 2.23. The SMILES string of the molecule is Cc1ccc(-c2nn(-c3ccccc3)cc2/C=N\NC(=O)c2ccc([N+](=O)[O-])cc2)cc1. The van der Waals surface area contributed by atoms with Crippen molar-refractivity contribution < 1.29 is 9.72 Å². The summed E-state index contributed by atoms with van der Waals surface area (Å²) in [6.07, 6.45) is 3.37. The average molecular weight is 425 g/mol. The van der Waals surface area contributed by atoms with E-state index in [9.17, 15) is 14.9 Å². The predicted octanol–water partition coefficient (Wildman–Crippen LogP) is 4.52. The molecule has 8 heteroatoms. The molecular formula is C24H19N5O3. The van der Waals surface area contributed by atoms with Gasteiger partial charge >= 0.3 is 0 Å². The molecule has 1 N–H and O–H groups in total. The van der Waals surface area contributed by atoms with Crippen LogP contribution in [0.4, 0.5) is 5.69 Å². The Morgan fingerprint density at radius 3 is 2.38 bits per heavy atom. The van der Waals surface area contributed by atoms with Crippen molar-refractivity contribution >= 4 is 17.8 Å². The fourth-order valence-corrected chi connectivity index (χ4v) is 3.09. The first kappa shape index (κ1) is 20.7. The van der Waals surface area contributed by atoms with Crippen molar-refractivity contribution in [2.24, 2.45) is 5.10 Å². The normalized spacial score (nSPS) is 10.9. The number of hydrogen-bond acceptors (Lipinski definition) is 5. The van der Waals surface area contributed by atoms with E-state index in [1.807, 2.05) is 67.7 Å². The molecule has 0 bridgehead atoms. The molecular weight excluding hydrogens is 406 g/mol. The molecule has 4 aromatic rings. The molecule has 0 saturated carbocycles. The van der Waals surface area contributed by atoms with Gasteiger partial charge in [-0.05, 0) is 31.2 Å². The standard InChI is InChI=1S/C24H19N5O3/c1-17-7-9-18(10-8-17)23-20(16-28(27-23)21-5-3-2-4-6-21)15-25-26-24(30)19-11-13-22(14-12-19)29(31)32/h2-16H,1H3,(H,26,30)/b25-15-. The first-order chi connectivity index (χ1) is 15.5. The summed E-state index contributed by atoms with van der Waals surface area (Å²) >= 11 is 0. The first-order valence-corrected chi connectivity index (χ1v) is 9.81. The van der Waals surface area contributed by atoms with Gasteiger partial charge in [-0.2, -0.15) is 10.2 Å². The first-order valence-electron chi connectivity index (χ1n) is 9.81. The Labute approximate surface area is 184 Å². The molecule has 4 rings (SSSR count). The number of non-ortho nitro benzene ring substituents is 1. The van der Waals surface area contributed by atoms with E-state index >= 15 is 0 Å². The molecule has 0 atom stereocenters. The molecule has 0 radical (unpaired) electrons. The number of carbonyl (C=O) groups is 1. The Bertz CT molecular complexity index is 1280. The zero-order valence-electron chi connectivity index (χ0n) is 17.2. The number of hydrogen-bond donors (Lipinski definition) is 1. The molecule has 1 heterocycles. The van der Waals surface area contributed by atoms with Crippen LogP contribution in [0.5, 0.6) is 0 Å². The van der Waals surface area contributed by atoms with E-state index in [4.69, 9.17) is 5.10 Å². The fourth-order valence-electron chi connectivity index (χ4n) is 3.09. The molecule has 0 aliphatic carbocycles. The topological polar surface area (TPSA) is 102 Å². The maximum Gasteiger partial charge on any atom is 0.271 e. The molecule has 0 unspecified atom stereocenters. The number of rotatable bonds is 6. The number of aromatic nitrogens is 2. The van der Waals surface area contributed by atoms with Gasteiger partial charge in [0.05, 0.1) is 16.8 Å². The van der Waals surface area contributed by atoms with Gasteiger partial charge in [-0.1, -0.05) is 48.0 Å². The van der Waals surface area contributed by atoms with E-state index in [1.54, 1.807) is 4.68 Å². The third kappa shape index (κ3) is 4.59. The summed E-state index contributed by atoms with van der Waals surface area (Å²) in [7, 11) is 0. The molecule has 32 heavy (non-hydrogen) atoms. The number of nitrogens with one attached hydrogen (secondary N) is 1. The second kappa shape index (κ2) is 9.05. The van der Waals surface area contributed by atoms with Crippen LogP contribution in [0.2, 0.25) is 0 Å². The molecule has 0 saturated heterocycles. The molecule has 1 amide bonds. The average Bonchev–Trinajstić information content (AvgIpc) is 3.24. The summed E-state index contributed by atoms with van der Waals surface area (Å²) in [6, 6.07) is 23.0. The summed E-state index contributed by atoms with van der Waals surface area (Å²) in [5.74, 6) is -0.469. The largest absolute Gasteiger partial charge is 0.271 e. The lowest BCUT2D eigenvalue weighted by Gasteiger charge is -2.01. The van der Waals surface area contributed by atoms with Crippen LogP contribution in [0.3, 0.4) is 0 Å². The van der Waals surface area contributed by atoms with Crippen LogP contribution in [0.25, 0.3) is 16.9 Å². The van der Waals surface area contributed by atoms with Crippen molar-refractivity contribution in [3.8, 4) is 16.9 Å². The zero-order valence-corrected chi connectivity index (χ0v) is 17.2. The van der Waals surface area contributed by atoms with Crippen molar-refractivity contribution in [3.63, 3.8) is 0 Å². The predicted molar refractivity (Wildman–Crippen MR) is 122 cm³/mol. The lowest BCUT2D eigenvalue weighted by molar-refractivity contribution is -0.384. The van der Waals surface area contributed by atoms with Crippen molar-refractivity contribution in [1.29, 1.82) is 0 Å². The van der Waals surface area contributed by atoms with E-state index in [0.717, 1.165) is 28.1 Å². The summed E-state index contributed by atoms with van der Waals surface area (Å²) < 4.78 is 1.76. The highest BCUT2D eigenvalue weighted by molar-refractivity contribution is 5.95. The number of hydrazone groups is 1. The van der Waals surface area contributed by atoms with Gasteiger partial charge in [-0.25, -0.2) is 10.1 Å². The zero-order chi connectivity index (χ0) is 22.5. The van der Waals surface area contributed by atoms with Gasteiger partial charge in [0.25, 0.3) is 11.6 Å². The lowest BCUT2D eigenvalue weighted by atomic mass is 10.1. The number of nitrogens with zero attached hydrogens (tertiary/aromatic N) is 4. The Balaban J connectivity index is 1.59. The number of aryl methyl sites for hydroxylation is 1. The van der Waals surface area contributed by atoms with E-state index in [0.29, 0.717) is 0 Å². The Morgan fingerprint density at radius 1 is 1.03 bits per heavy atom. The number of amides is 1. The van der Waals surface area contributed by atoms with Gasteiger partial charge in [0.2, 0.25) is 0 Å². The molecule has 0 spiro atoms. The summed E-state index contributed by atoms with van der Waals surface area (Å²) in [6.45, 7) is 2.02. The maximum atomic E-state index is 12.3. The second-order valence-corrected chi connectivity index (χ2v) is 7.08. The third-order valence-electron chi connectivity index (χ3n) is 4.80. The van der Waals surface area contributed by atoms with Crippen LogP contribution >= 0.6 is 0 Å². The highest BCUT2D eigenvalue weighted by atomic mass is 16.6. The fraction of sp³-hybridized carbons (Fsp3) is 0.0417. The molecule has 158 valence electrons. The summed E-state index contributed by atoms with van der Waals surface area (Å²) in [5.41, 5.74) is 7.06. The lowest BCUT2D eigenvalue weighted by Crippen LogP contribution is -2.17. The maximum absolute atomic E-state index is 12.3. The number of nitro groups is 1. The van der Waals surface area contributed by atoms with Gasteiger partial charge in [-0.3, -0.25) is 14.9 Å². The molecule has 0 fully saturated rings. The van der Waals surface area contributed by atoms with Crippen molar-refractivity contribution in [1.82, 2.24) is 15.2 Å². The van der Waals surface area contributed by atoms with Crippen molar-refractivity contribution in [3.05, 3.63) is 112 Å². The van der Waals surface area contributed by atoms with Crippen LogP contribution in [-0.2, 0) is 0 Å². The Hall–Kier alpha value is -4.59. The van der Waals surface area contributed by atoms with Crippen molar-refractivity contribution in [2.45, 2.75) is 6.92 Å². The summed E-state index contributed by atoms with van der Waals surface area (Å²) in [4.78, 5) is 22.6. The van der Waals surface area contributed by atoms with Gasteiger partial charge in [0.15, 0.2) is 0 Å². The van der Waals surface area contributed by atoms with Crippen LogP contribution in [0.1, 0.15) is 21.5 Å². The minimum atomic E-state index is -0.517. The summed E-state index contributed by atoms with van der Waals surface area (Å²) in [5, 5.41) is 19.5. The van der Waals surface area contributed by atoms with Gasteiger partial charge < -0.3 is 0 Å². The molecule has 1 aromatic heterocycles. The van der Waals surface area contributed by atoms with Crippen molar-refractivity contribution in [2.75, 3.05) is 0 Å². The van der Waals surface area contributed by atoms with Crippen LogP contribution < -0.4 is 5.43 Å². The quantitative estimate of drug-likeness (QED) is 0.279. The number of para-hydroxylation sites is 1. The number of carbonyl (C=O) groups excluding carboxylic acids is 1. The number of nitro benzene ring substituents is 1. The van der Waals surface area contributed by atoms with Gasteiger partial charge in [0, 0.05) is 35.0 Å². The molecule has 0 aliphatic heterocycles. The monoisotopic (exact) mass is 425 g/mol. The third-order valence-corrected chi connectivity index (χ3v) is 4.80. The van der Waals surface area contributed by atoms with Gasteiger partial charge in [0.1, 0.15) is 5.69 Å². The van der Waals surface area contributed by atoms with Crippen LogP contribution in [0, 0.1) is 17.0 Å². The van der Waals surface area contributed by atoms with E-state index in [2.05, 4.69) is 10.5 Å². The van der Waals surface area contributed by atoms with Crippen LogP contribution in [0.15, 0.2) is 90.2 Å². The second-order valence-electron chi connectivity index (χ2n) is 7.08. The highest BCUT2D eigenvalue weighted by Gasteiger charge is 2.12. The molecule has 3 aromatic carbocycles. The Kier molecular flexibility index (Phi) is 5.85.